The van der Waals surface area contributed by atoms with E-state index >= 15 is 0 Å². The Morgan fingerprint density at radius 2 is 2.06 bits per heavy atom. The van der Waals surface area contributed by atoms with Crippen molar-refractivity contribution in [1.29, 1.82) is 0 Å². The van der Waals surface area contributed by atoms with Crippen LogP contribution in [0.25, 0.3) is 22.6 Å². The van der Waals surface area contributed by atoms with Crippen molar-refractivity contribution >= 4 is 34.5 Å². The zero-order valence-electron chi connectivity index (χ0n) is 18.7. The minimum absolute atomic E-state index is 0.119. The molecule has 36 heavy (non-hydrogen) atoms. The molecule has 0 aromatic carbocycles. The maximum Gasteiger partial charge on any atom is 0.251 e. The molecule has 4 N–H and O–H groups in total. The van der Waals surface area contributed by atoms with Crippen LogP contribution in [0.4, 0.5) is 10.2 Å². The van der Waals surface area contributed by atoms with E-state index in [9.17, 15) is 19.4 Å². The summed E-state index contributed by atoms with van der Waals surface area (Å²) in [5.41, 5.74) is 1.44. The standard InChI is InChI=1S/C22H20ClFN8O4/c1-25-21(35)17-15(33)16(34)22(36-17)32-9-29-14-19(28-8-13-5-11(23)2-3-27-13)30-18(31-20(14)32)10-4-12(24)7-26-6-10/h2-7,9,15-17,22,33-34H,8H2,1H3,(H,25,35)(H,28,30,31). The number of aromatic nitrogens is 6. The third kappa shape index (κ3) is 4.44. The van der Waals surface area contributed by atoms with Gasteiger partial charge in [0.1, 0.15) is 18.0 Å². The van der Waals surface area contributed by atoms with Gasteiger partial charge in [0.15, 0.2) is 35.1 Å². The fourth-order valence-electron chi connectivity index (χ4n) is 3.86. The number of nitrogens with zero attached hydrogens (tertiary/aromatic N) is 6. The second-order valence-corrected chi connectivity index (χ2v) is 8.41. The van der Waals surface area contributed by atoms with Crippen LogP contribution in [-0.4, -0.2) is 71.0 Å². The second kappa shape index (κ2) is 9.70. The summed E-state index contributed by atoms with van der Waals surface area (Å²) in [5, 5.41) is 27.0. The average Bonchev–Trinajstić information content (AvgIpc) is 3.43. The Morgan fingerprint density at radius 1 is 1.22 bits per heavy atom. The lowest BCUT2D eigenvalue weighted by molar-refractivity contribution is -0.137. The Kier molecular flexibility index (Phi) is 6.45. The van der Waals surface area contributed by atoms with Gasteiger partial charge in [0.2, 0.25) is 0 Å². The number of amides is 1. The van der Waals surface area contributed by atoms with Gasteiger partial charge in [-0.2, -0.15) is 0 Å². The Labute approximate surface area is 208 Å². The maximum absolute atomic E-state index is 13.9. The summed E-state index contributed by atoms with van der Waals surface area (Å²) in [6.07, 6.45) is -0.0310. The summed E-state index contributed by atoms with van der Waals surface area (Å²) >= 11 is 6.05. The number of aliphatic hydroxyl groups excluding tert-OH is 2. The van der Waals surface area contributed by atoms with Crippen LogP contribution in [0.5, 0.6) is 0 Å². The van der Waals surface area contributed by atoms with Gasteiger partial charge < -0.3 is 25.6 Å². The SMILES string of the molecule is CNC(=O)C1OC(n2cnc3c(NCc4cc(Cl)ccn4)nc(-c4cncc(F)c4)nc32)C(O)C1O. The first-order valence-electron chi connectivity index (χ1n) is 10.8. The molecule has 0 bridgehead atoms. The predicted octanol–water partition coefficient (Wildman–Crippen LogP) is 1.05. The van der Waals surface area contributed by atoms with E-state index in [1.807, 2.05) is 0 Å². The van der Waals surface area contributed by atoms with Gasteiger partial charge >= 0.3 is 0 Å². The predicted molar refractivity (Wildman–Crippen MR) is 125 cm³/mol. The van der Waals surface area contributed by atoms with E-state index in [4.69, 9.17) is 16.3 Å². The highest BCUT2D eigenvalue weighted by atomic mass is 35.5. The van der Waals surface area contributed by atoms with Gasteiger partial charge in [-0.1, -0.05) is 11.6 Å². The van der Waals surface area contributed by atoms with Gasteiger partial charge in [-0.25, -0.2) is 19.3 Å². The van der Waals surface area contributed by atoms with Crippen LogP contribution in [0, 0.1) is 5.82 Å². The molecule has 0 aliphatic carbocycles. The molecule has 186 valence electrons. The van der Waals surface area contributed by atoms with E-state index in [2.05, 4.69) is 35.6 Å². The molecule has 12 nitrogen and oxygen atoms in total. The number of rotatable bonds is 6. The van der Waals surface area contributed by atoms with Crippen molar-refractivity contribution in [2.24, 2.45) is 0 Å². The fraction of sp³-hybridized carbons (Fsp3) is 0.273. The summed E-state index contributed by atoms with van der Waals surface area (Å²) in [7, 11) is 1.39. The number of carbonyl (C=O) groups is 1. The number of halogens is 2. The molecule has 1 aliphatic heterocycles. The number of nitrogens with one attached hydrogen (secondary N) is 2. The van der Waals surface area contributed by atoms with Crippen molar-refractivity contribution in [3.8, 4) is 11.4 Å². The molecular weight excluding hydrogens is 495 g/mol. The van der Waals surface area contributed by atoms with Crippen LogP contribution in [0.15, 0.2) is 43.1 Å². The number of fused-ring (bicyclic) bond motifs is 1. The van der Waals surface area contributed by atoms with E-state index in [1.165, 1.54) is 30.2 Å². The van der Waals surface area contributed by atoms with Gasteiger partial charge in [-0.05, 0) is 18.2 Å². The molecule has 1 amide bonds. The Bertz CT molecular complexity index is 1440. The normalized spacial score (nSPS) is 21.6. The van der Waals surface area contributed by atoms with Gasteiger partial charge in [0.25, 0.3) is 5.91 Å². The van der Waals surface area contributed by atoms with Crippen LogP contribution in [-0.2, 0) is 16.1 Å². The minimum atomic E-state index is -1.48. The molecule has 1 saturated heterocycles. The lowest BCUT2D eigenvalue weighted by Crippen LogP contribution is -2.41. The fourth-order valence-corrected chi connectivity index (χ4v) is 4.04. The first-order chi connectivity index (χ1) is 17.4. The zero-order valence-corrected chi connectivity index (χ0v) is 19.5. The van der Waals surface area contributed by atoms with Crippen LogP contribution in [0.2, 0.25) is 5.02 Å². The van der Waals surface area contributed by atoms with Crippen molar-refractivity contribution in [3.05, 3.63) is 59.7 Å². The number of pyridine rings is 2. The first-order valence-corrected chi connectivity index (χ1v) is 11.2. The molecule has 4 aromatic rings. The van der Waals surface area contributed by atoms with E-state index in [0.717, 1.165) is 6.20 Å². The van der Waals surface area contributed by atoms with E-state index < -0.39 is 36.3 Å². The van der Waals surface area contributed by atoms with Crippen LogP contribution in [0.1, 0.15) is 11.9 Å². The van der Waals surface area contributed by atoms with E-state index in [0.29, 0.717) is 21.8 Å². The van der Waals surface area contributed by atoms with Gasteiger partial charge in [-0.3, -0.25) is 19.3 Å². The molecule has 5 heterocycles. The number of anilines is 1. The lowest BCUT2D eigenvalue weighted by Gasteiger charge is -2.17. The molecule has 4 atom stereocenters. The molecule has 14 heteroatoms. The number of imidazole rings is 1. The van der Waals surface area contributed by atoms with Crippen LogP contribution in [0.3, 0.4) is 0 Å². The largest absolute Gasteiger partial charge is 0.387 e. The van der Waals surface area contributed by atoms with Gasteiger partial charge in [-0.15, -0.1) is 0 Å². The number of hydrogen-bond donors (Lipinski definition) is 4. The topological polar surface area (TPSA) is 160 Å². The first kappa shape index (κ1) is 23.9. The monoisotopic (exact) mass is 514 g/mol. The van der Waals surface area contributed by atoms with Gasteiger partial charge in [0.05, 0.1) is 24.8 Å². The summed E-state index contributed by atoms with van der Waals surface area (Å²) in [6, 6.07) is 4.56. The number of likely N-dealkylation sites (N-methyl/N-ethyl adjacent to an activating group) is 1. The van der Waals surface area contributed by atoms with Crippen LogP contribution >= 0.6 is 11.6 Å². The highest BCUT2D eigenvalue weighted by Crippen LogP contribution is 2.33. The maximum atomic E-state index is 13.9. The zero-order chi connectivity index (χ0) is 25.4. The summed E-state index contributed by atoms with van der Waals surface area (Å²) in [4.78, 5) is 33.6. The van der Waals surface area contributed by atoms with E-state index in [1.54, 1.807) is 18.3 Å². The molecule has 0 spiro atoms. The Balaban J connectivity index is 1.58. The number of aliphatic hydroxyl groups is 2. The number of hydrogen-bond acceptors (Lipinski definition) is 10. The minimum Gasteiger partial charge on any atom is -0.387 e. The Hall–Kier alpha value is -3.78. The van der Waals surface area contributed by atoms with E-state index in [-0.39, 0.29) is 23.8 Å². The number of carbonyl (C=O) groups excluding carboxylic acids is 1. The third-order valence-corrected chi connectivity index (χ3v) is 5.85. The van der Waals surface area contributed by atoms with Gasteiger partial charge in [0, 0.05) is 30.0 Å². The second-order valence-electron chi connectivity index (χ2n) is 7.97. The Morgan fingerprint density at radius 3 is 2.81 bits per heavy atom. The molecule has 0 saturated carbocycles. The van der Waals surface area contributed by atoms with Crippen molar-refractivity contribution in [2.45, 2.75) is 31.1 Å². The molecule has 1 aliphatic rings. The highest BCUT2D eigenvalue weighted by molar-refractivity contribution is 6.30. The van der Waals surface area contributed by atoms with Crippen molar-refractivity contribution in [2.75, 3.05) is 12.4 Å². The molecule has 1 fully saturated rings. The lowest BCUT2D eigenvalue weighted by atomic mass is 10.1. The molecular formula is C22H20ClFN8O4. The molecule has 4 aromatic heterocycles. The quantitative estimate of drug-likeness (QED) is 0.293. The highest BCUT2D eigenvalue weighted by Gasteiger charge is 2.47. The third-order valence-electron chi connectivity index (χ3n) is 5.62. The molecule has 5 rings (SSSR count). The number of ether oxygens (including phenoxy) is 1. The van der Waals surface area contributed by atoms with Crippen molar-refractivity contribution in [1.82, 2.24) is 34.8 Å². The van der Waals surface area contributed by atoms with Crippen molar-refractivity contribution in [3.63, 3.8) is 0 Å². The summed E-state index contributed by atoms with van der Waals surface area (Å²) in [6.45, 7) is 0.236. The average molecular weight is 515 g/mol. The molecule has 4 unspecified atom stereocenters. The smallest absolute Gasteiger partial charge is 0.251 e. The van der Waals surface area contributed by atoms with Crippen molar-refractivity contribution < 1.29 is 24.1 Å². The van der Waals surface area contributed by atoms with Crippen LogP contribution < -0.4 is 10.6 Å². The summed E-state index contributed by atoms with van der Waals surface area (Å²) in [5.74, 6) is -0.760. The molecule has 0 radical (unpaired) electrons. The summed E-state index contributed by atoms with van der Waals surface area (Å²) < 4.78 is 20.9.